The van der Waals surface area contributed by atoms with E-state index in [0.717, 1.165) is 12.5 Å². The van der Waals surface area contributed by atoms with Crippen LogP contribution in [0.15, 0.2) is 12.2 Å². The van der Waals surface area contributed by atoms with Crippen molar-refractivity contribution in [1.82, 2.24) is 0 Å². The maximum absolute atomic E-state index is 11.3. The molecule has 0 spiro atoms. The summed E-state index contributed by atoms with van der Waals surface area (Å²) in [5.41, 5.74) is 1.65. The zero-order chi connectivity index (χ0) is 26.4. The Kier molecular flexibility index (Phi) is 16.3. The SMILES string of the molecule is C=C(C)C(=O)OCC(O)CCCC(O)COCCC[Si](C)(C)O[Si](C)(C)C[Si](C)(C)CCCC. The number of aliphatic hydroxyl groups is 2. The van der Waals surface area contributed by atoms with Crippen molar-refractivity contribution in [3.05, 3.63) is 12.2 Å². The smallest absolute Gasteiger partial charge is 0.333 e. The number of aliphatic hydroxyl groups excluding tert-OH is 2. The van der Waals surface area contributed by atoms with Crippen molar-refractivity contribution in [1.29, 1.82) is 0 Å². The maximum Gasteiger partial charge on any atom is 0.333 e. The molecule has 2 N–H and O–H groups in total. The molecule has 0 aliphatic rings. The number of ether oxygens (including phenoxy) is 2. The summed E-state index contributed by atoms with van der Waals surface area (Å²) < 4.78 is 17.5. The van der Waals surface area contributed by atoms with Crippen LogP contribution in [-0.4, -0.2) is 72.9 Å². The van der Waals surface area contributed by atoms with Gasteiger partial charge < -0.3 is 23.8 Å². The van der Waals surface area contributed by atoms with Gasteiger partial charge in [0.2, 0.25) is 0 Å². The van der Waals surface area contributed by atoms with Crippen LogP contribution in [0.3, 0.4) is 0 Å². The van der Waals surface area contributed by atoms with Crippen LogP contribution in [-0.2, 0) is 18.4 Å². The fraction of sp³-hybridized carbons (Fsp3) is 0.880. The second-order valence-corrected chi connectivity index (χ2v) is 26.5. The van der Waals surface area contributed by atoms with E-state index in [1.165, 1.54) is 24.6 Å². The Morgan fingerprint density at radius 3 is 2.03 bits per heavy atom. The van der Waals surface area contributed by atoms with E-state index in [4.69, 9.17) is 13.6 Å². The molecule has 0 rings (SSSR count). The van der Waals surface area contributed by atoms with Crippen molar-refractivity contribution >= 4 is 30.7 Å². The first-order chi connectivity index (χ1) is 15.6. The van der Waals surface area contributed by atoms with E-state index < -0.39 is 42.9 Å². The molecule has 9 heteroatoms. The zero-order valence-corrected chi connectivity index (χ0v) is 26.4. The van der Waals surface area contributed by atoms with Gasteiger partial charge in [-0.25, -0.2) is 4.79 Å². The molecule has 2 atom stereocenters. The highest BCUT2D eigenvalue weighted by atomic mass is 28.4. The largest absolute Gasteiger partial charge is 0.460 e. The minimum Gasteiger partial charge on any atom is -0.460 e. The number of rotatable bonds is 20. The van der Waals surface area contributed by atoms with Gasteiger partial charge in [0.25, 0.3) is 0 Å². The van der Waals surface area contributed by atoms with Crippen LogP contribution in [0.5, 0.6) is 0 Å². The first kappa shape index (κ1) is 33.7. The van der Waals surface area contributed by atoms with Crippen LogP contribution in [0, 0.1) is 0 Å². The van der Waals surface area contributed by atoms with Crippen LogP contribution in [0.1, 0.15) is 52.4 Å². The average Bonchev–Trinajstić information content (AvgIpc) is 2.68. The standard InChI is InChI=1S/C25H54O6Si3/c1-10-11-17-32(4,5)21-34(8,9)31-33(6,7)18-13-16-29-19-23(26)14-12-15-24(27)20-30-25(28)22(2)3/h23-24,26-27H,2,10-21H2,1,3-9H3. The molecular formula is C25H54O6Si3. The van der Waals surface area contributed by atoms with Crippen molar-refractivity contribution in [2.75, 3.05) is 19.8 Å². The summed E-state index contributed by atoms with van der Waals surface area (Å²) in [6, 6.07) is 2.48. The van der Waals surface area contributed by atoms with E-state index >= 15 is 0 Å². The lowest BCUT2D eigenvalue weighted by Crippen LogP contribution is -2.49. The van der Waals surface area contributed by atoms with Crippen molar-refractivity contribution in [3.63, 3.8) is 0 Å². The first-order valence-electron chi connectivity index (χ1n) is 13.1. The molecule has 0 bridgehead atoms. The van der Waals surface area contributed by atoms with Gasteiger partial charge in [-0.1, -0.05) is 45.5 Å². The third-order valence-electron chi connectivity index (χ3n) is 5.87. The second kappa shape index (κ2) is 16.4. The zero-order valence-electron chi connectivity index (χ0n) is 23.4. The Labute approximate surface area is 212 Å². The van der Waals surface area contributed by atoms with Crippen LogP contribution in [0.4, 0.5) is 0 Å². The van der Waals surface area contributed by atoms with Crippen molar-refractivity contribution in [2.24, 2.45) is 0 Å². The van der Waals surface area contributed by atoms with Gasteiger partial charge >= 0.3 is 5.97 Å². The molecule has 0 aromatic heterocycles. The number of carbonyl (C=O) groups is 1. The minimum atomic E-state index is -1.73. The summed E-state index contributed by atoms with van der Waals surface area (Å²) in [7, 11) is -4.58. The summed E-state index contributed by atoms with van der Waals surface area (Å²) in [6.07, 6.45) is 3.97. The molecule has 6 nitrogen and oxygen atoms in total. The number of hydrogen-bond acceptors (Lipinski definition) is 6. The highest BCUT2D eigenvalue weighted by molar-refractivity contribution is 6.96. The summed E-state index contributed by atoms with van der Waals surface area (Å²) in [4.78, 5) is 11.3. The van der Waals surface area contributed by atoms with Gasteiger partial charge in [-0.2, -0.15) is 0 Å². The Morgan fingerprint density at radius 1 is 0.882 bits per heavy atom. The maximum atomic E-state index is 11.3. The molecular weight excluding hydrogens is 481 g/mol. The summed E-state index contributed by atoms with van der Waals surface area (Å²) in [5.74, 6) is -0.493. The minimum absolute atomic E-state index is 0.0435. The number of carbonyl (C=O) groups excluding carboxylic acids is 1. The number of esters is 1. The lowest BCUT2D eigenvalue weighted by Gasteiger charge is -2.38. The van der Waals surface area contributed by atoms with Crippen molar-refractivity contribution in [2.45, 2.75) is 122 Å². The first-order valence-corrected chi connectivity index (χ1v) is 22.7. The fourth-order valence-corrected chi connectivity index (χ4v) is 24.2. The Balaban J connectivity index is 4.07. The van der Waals surface area contributed by atoms with Gasteiger partial charge in [0, 0.05) is 20.3 Å². The van der Waals surface area contributed by atoms with E-state index in [9.17, 15) is 15.0 Å². The third-order valence-corrected chi connectivity index (χ3v) is 20.8. The van der Waals surface area contributed by atoms with Crippen LogP contribution in [0.25, 0.3) is 0 Å². The molecule has 202 valence electrons. The van der Waals surface area contributed by atoms with Crippen LogP contribution in [0.2, 0.25) is 57.0 Å². The Bertz CT molecular complexity index is 595. The summed E-state index contributed by atoms with van der Waals surface area (Å²) >= 11 is 0. The van der Waals surface area contributed by atoms with Gasteiger partial charge in [0.15, 0.2) is 16.6 Å². The van der Waals surface area contributed by atoms with Gasteiger partial charge in [-0.05, 0) is 70.5 Å². The van der Waals surface area contributed by atoms with E-state index in [-0.39, 0.29) is 6.61 Å². The molecule has 0 fully saturated rings. The predicted octanol–water partition coefficient (Wildman–Crippen LogP) is 5.88. The highest BCUT2D eigenvalue weighted by Gasteiger charge is 2.37. The van der Waals surface area contributed by atoms with E-state index in [1.54, 1.807) is 6.92 Å². The van der Waals surface area contributed by atoms with Crippen molar-refractivity contribution in [3.8, 4) is 0 Å². The highest BCUT2D eigenvalue weighted by Crippen LogP contribution is 2.29. The number of unbranched alkanes of at least 4 members (excludes halogenated alkanes) is 1. The average molecular weight is 535 g/mol. The monoisotopic (exact) mass is 534 g/mol. The molecule has 0 amide bonds. The molecule has 0 radical (unpaired) electrons. The second-order valence-electron chi connectivity index (χ2n) is 11.9. The van der Waals surface area contributed by atoms with Crippen molar-refractivity contribution < 1.29 is 28.6 Å². The lowest BCUT2D eigenvalue weighted by atomic mass is 10.1. The van der Waals surface area contributed by atoms with E-state index in [1.807, 2.05) is 0 Å². The van der Waals surface area contributed by atoms with Gasteiger partial charge in [-0.15, -0.1) is 0 Å². The molecule has 0 saturated heterocycles. The van der Waals surface area contributed by atoms with Crippen LogP contribution < -0.4 is 0 Å². The van der Waals surface area contributed by atoms with Gasteiger partial charge in [0.05, 0.1) is 18.8 Å². The number of hydrogen-bond donors (Lipinski definition) is 2. The Morgan fingerprint density at radius 2 is 1.47 bits per heavy atom. The summed E-state index contributed by atoms with van der Waals surface area (Å²) in [6.45, 7) is 22.8. The quantitative estimate of drug-likeness (QED) is 0.0878. The predicted molar refractivity (Wildman–Crippen MR) is 150 cm³/mol. The Hall–Kier alpha value is -0.299. The topological polar surface area (TPSA) is 85.2 Å². The molecule has 0 heterocycles. The fourth-order valence-electron chi connectivity index (χ4n) is 4.60. The normalized spacial score (nSPS) is 14.6. The molecule has 2 unspecified atom stereocenters. The third kappa shape index (κ3) is 18.0. The van der Waals surface area contributed by atoms with Gasteiger partial charge in [0.1, 0.15) is 6.61 Å². The molecule has 0 aliphatic heterocycles. The van der Waals surface area contributed by atoms with Crippen LogP contribution >= 0.6 is 0 Å². The van der Waals surface area contributed by atoms with E-state index in [0.29, 0.717) is 38.0 Å². The summed E-state index contributed by atoms with van der Waals surface area (Å²) in [5, 5.41) is 20.0. The molecule has 0 aliphatic carbocycles. The molecule has 0 aromatic carbocycles. The van der Waals surface area contributed by atoms with E-state index in [2.05, 4.69) is 52.8 Å². The lowest BCUT2D eigenvalue weighted by molar-refractivity contribution is -0.142. The molecule has 0 saturated carbocycles. The van der Waals surface area contributed by atoms with Gasteiger partial charge in [-0.3, -0.25) is 0 Å². The molecule has 0 aromatic rings. The molecule has 34 heavy (non-hydrogen) atoms.